The van der Waals surface area contributed by atoms with E-state index in [1.807, 2.05) is 35.9 Å². The van der Waals surface area contributed by atoms with Crippen molar-refractivity contribution in [2.75, 3.05) is 16.9 Å². The molecular formula is C20H18ClN3O2S2. The molecule has 0 saturated carbocycles. The Morgan fingerprint density at radius 3 is 2.61 bits per heavy atom. The summed E-state index contributed by atoms with van der Waals surface area (Å²) in [5.74, 6) is -0.315. The molecule has 0 saturated heterocycles. The molecule has 2 N–H and O–H groups in total. The molecule has 0 atom stereocenters. The van der Waals surface area contributed by atoms with Gasteiger partial charge in [0.15, 0.2) is 5.13 Å². The second-order valence-corrected chi connectivity index (χ2v) is 8.00. The van der Waals surface area contributed by atoms with Gasteiger partial charge in [0.05, 0.1) is 11.4 Å². The molecule has 2 amide bonds. The topological polar surface area (TPSA) is 71.1 Å². The number of para-hydroxylation sites is 1. The Hall–Kier alpha value is -2.35. The van der Waals surface area contributed by atoms with E-state index >= 15 is 0 Å². The quantitative estimate of drug-likeness (QED) is 0.495. The second-order valence-electron chi connectivity index (χ2n) is 5.85. The zero-order valence-electron chi connectivity index (χ0n) is 15.1. The van der Waals surface area contributed by atoms with Crippen LogP contribution < -0.4 is 10.6 Å². The van der Waals surface area contributed by atoms with E-state index in [-0.39, 0.29) is 11.8 Å². The lowest BCUT2D eigenvalue weighted by Gasteiger charge is -2.08. The van der Waals surface area contributed by atoms with E-state index in [1.165, 1.54) is 11.3 Å². The summed E-state index contributed by atoms with van der Waals surface area (Å²) in [5, 5.41) is 8.62. The molecule has 0 fully saturated rings. The fraction of sp³-hybridized carbons (Fsp3) is 0.150. The van der Waals surface area contributed by atoms with Gasteiger partial charge in [-0.15, -0.1) is 23.1 Å². The number of aromatic nitrogens is 1. The molecule has 3 aromatic rings. The first-order chi connectivity index (χ1) is 13.5. The van der Waals surface area contributed by atoms with Crippen LogP contribution in [0.25, 0.3) is 0 Å². The third-order valence-electron chi connectivity index (χ3n) is 3.87. The van der Waals surface area contributed by atoms with Gasteiger partial charge in [-0.1, -0.05) is 23.7 Å². The summed E-state index contributed by atoms with van der Waals surface area (Å²) in [7, 11) is 0. The molecule has 0 unspecified atom stereocenters. The van der Waals surface area contributed by atoms with Crippen molar-refractivity contribution >= 4 is 57.3 Å². The van der Waals surface area contributed by atoms with E-state index in [2.05, 4.69) is 15.6 Å². The largest absolute Gasteiger partial charge is 0.325 e. The molecule has 0 aliphatic carbocycles. The molecule has 2 aromatic carbocycles. The molecule has 144 valence electrons. The van der Waals surface area contributed by atoms with Crippen LogP contribution >= 0.6 is 34.7 Å². The van der Waals surface area contributed by atoms with Gasteiger partial charge in [0.2, 0.25) is 5.91 Å². The van der Waals surface area contributed by atoms with E-state index in [9.17, 15) is 9.59 Å². The SMILES string of the molecule is CSc1ccccc1NC(=O)CCc1csc(NC(=O)c2ccc(Cl)cc2)n1. The molecule has 0 aliphatic heterocycles. The summed E-state index contributed by atoms with van der Waals surface area (Å²) in [6.07, 6.45) is 2.79. The van der Waals surface area contributed by atoms with Gasteiger partial charge in [0.25, 0.3) is 5.91 Å². The Morgan fingerprint density at radius 2 is 1.86 bits per heavy atom. The Labute approximate surface area is 176 Å². The third kappa shape index (κ3) is 5.58. The highest BCUT2D eigenvalue weighted by atomic mass is 35.5. The minimum Gasteiger partial charge on any atom is -0.325 e. The molecule has 0 bridgehead atoms. The number of hydrogen-bond donors (Lipinski definition) is 2. The van der Waals surface area contributed by atoms with Crippen molar-refractivity contribution in [1.82, 2.24) is 4.98 Å². The standard InChI is InChI=1S/C20H18ClN3O2S2/c1-27-17-5-3-2-4-16(17)23-18(25)11-10-15-12-28-20(22-15)24-19(26)13-6-8-14(21)9-7-13/h2-9,12H,10-11H2,1H3,(H,23,25)(H,22,24,26). The average molecular weight is 432 g/mol. The number of carbonyl (C=O) groups excluding carboxylic acids is 2. The Kier molecular flexibility index (Phi) is 7.08. The zero-order valence-corrected chi connectivity index (χ0v) is 17.5. The van der Waals surface area contributed by atoms with Crippen LogP contribution in [0.1, 0.15) is 22.5 Å². The number of carbonyl (C=O) groups is 2. The smallest absolute Gasteiger partial charge is 0.257 e. The molecule has 5 nitrogen and oxygen atoms in total. The molecule has 0 aliphatic rings. The van der Waals surface area contributed by atoms with Gasteiger partial charge in [-0.3, -0.25) is 14.9 Å². The summed E-state index contributed by atoms with van der Waals surface area (Å²) >= 11 is 8.75. The fourth-order valence-electron chi connectivity index (χ4n) is 2.45. The summed E-state index contributed by atoms with van der Waals surface area (Å²) in [6, 6.07) is 14.3. The maximum Gasteiger partial charge on any atom is 0.257 e. The highest BCUT2D eigenvalue weighted by Gasteiger charge is 2.11. The minimum atomic E-state index is -0.246. The van der Waals surface area contributed by atoms with Crippen LogP contribution in [0.15, 0.2) is 58.8 Å². The molecule has 3 rings (SSSR count). The van der Waals surface area contributed by atoms with Crippen LogP contribution in [0.5, 0.6) is 0 Å². The first-order valence-electron chi connectivity index (χ1n) is 8.49. The zero-order chi connectivity index (χ0) is 19.9. The fourth-order valence-corrected chi connectivity index (χ4v) is 3.87. The molecule has 0 spiro atoms. The minimum absolute atomic E-state index is 0.0683. The molecule has 0 radical (unpaired) electrons. The average Bonchev–Trinajstić information content (AvgIpc) is 3.14. The Bertz CT molecular complexity index is 974. The van der Waals surface area contributed by atoms with E-state index < -0.39 is 0 Å². The van der Waals surface area contributed by atoms with Crippen molar-refractivity contribution in [1.29, 1.82) is 0 Å². The summed E-state index contributed by atoms with van der Waals surface area (Å²) in [4.78, 5) is 29.8. The van der Waals surface area contributed by atoms with Crippen molar-refractivity contribution in [3.8, 4) is 0 Å². The highest BCUT2D eigenvalue weighted by molar-refractivity contribution is 7.98. The van der Waals surface area contributed by atoms with Crippen LogP contribution in [0, 0.1) is 0 Å². The van der Waals surface area contributed by atoms with Crippen LogP contribution in [-0.2, 0) is 11.2 Å². The van der Waals surface area contributed by atoms with Crippen LogP contribution in [0.4, 0.5) is 10.8 Å². The van der Waals surface area contributed by atoms with Crippen LogP contribution in [-0.4, -0.2) is 23.1 Å². The summed E-state index contributed by atoms with van der Waals surface area (Å²) in [5.41, 5.74) is 2.09. The number of nitrogens with one attached hydrogen (secondary N) is 2. The molecule has 8 heteroatoms. The second kappa shape index (κ2) is 9.73. The first-order valence-corrected chi connectivity index (χ1v) is 11.0. The van der Waals surface area contributed by atoms with Gasteiger partial charge >= 0.3 is 0 Å². The van der Waals surface area contributed by atoms with Crippen molar-refractivity contribution in [2.24, 2.45) is 0 Å². The molecule has 1 aromatic heterocycles. The number of anilines is 2. The first kappa shape index (κ1) is 20.4. The molecule has 1 heterocycles. The maximum absolute atomic E-state index is 12.2. The number of halogens is 1. The lowest BCUT2D eigenvalue weighted by atomic mass is 10.2. The number of thiazole rings is 1. The number of nitrogens with zero attached hydrogens (tertiary/aromatic N) is 1. The Morgan fingerprint density at radius 1 is 1.11 bits per heavy atom. The van der Waals surface area contributed by atoms with Gasteiger partial charge in [-0.2, -0.15) is 0 Å². The monoisotopic (exact) mass is 431 g/mol. The van der Waals surface area contributed by atoms with Crippen molar-refractivity contribution in [3.05, 3.63) is 70.2 Å². The van der Waals surface area contributed by atoms with E-state index in [0.29, 0.717) is 28.6 Å². The van der Waals surface area contributed by atoms with Crippen molar-refractivity contribution < 1.29 is 9.59 Å². The number of benzene rings is 2. The van der Waals surface area contributed by atoms with Crippen molar-refractivity contribution in [2.45, 2.75) is 17.7 Å². The number of amides is 2. The molecular weight excluding hydrogens is 414 g/mol. The van der Waals surface area contributed by atoms with E-state index in [1.54, 1.807) is 36.0 Å². The van der Waals surface area contributed by atoms with Crippen molar-refractivity contribution in [3.63, 3.8) is 0 Å². The number of thioether (sulfide) groups is 1. The Balaban J connectivity index is 1.52. The van der Waals surface area contributed by atoms with Gasteiger partial charge in [0.1, 0.15) is 0 Å². The van der Waals surface area contributed by atoms with Crippen LogP contribution in [0.2, 0.25) is 5.02 Å². The lowest BCUT2D eigenvalue weighted by molar-refractivity contribution is -0.116. The normalized spacial score (nSPS) is 10.5. The predicted molar refractivity (Wildman–Crippen MR) is 117 cm³/mol. The third-order valence-corrected chi connectivity index (χ3v) is 5.72. The highest BCUT2D eigenvalue weighted by Crippen LogP contribution is 2.25. The number of rotatable bonds is 7. The van der Waals surface area contributed by atoms with Gasteiger partial charge < -0.3 is 5.32 Å². The lowest BCUT2D eigenvalue weighted by Crippen LogP contribution is -2.13. The number of aryl methyl sites for hydroxylation is 1. The number of hydrogen-bond acceptors (Lipinski definition) is 5. The van der Waals surface area contributed by atoms with E-state index in [0.717, 1.165) is 16.3 Å². The van der Waals surface area contributed by atoms with E-state index in [4.69, 9.17) is 11.6 Å². The van der Waals surface area contributed by atoms with Crippen LogP contribution in [0.3, 0.4) is 0 Å². The van der Waals surface area contributed by atoms with Gasteiger partial charge in [0, 0.05) is 27.3 Å². The predicted octanol–water partition coefficient (Wildman–Crippen LogP) is 5.34. The maximum atomic E-state index is 12.2. The van der Waals surface area contributed by atoms with Gasteiger partial charge in [-0.05, 0) is 49.1 Å². The molecule has 28 heavy (non-hydrogen) atoms. The van der Waals surface area contributed by atoms with Gasteiger partial charge in [-0.25, -0.2) is 4.98 Å². The summed E-state index contributed by atoms with van der Waals surface area (Å²) in [6.45, 7) is 0. The summed E-state index contributed by atoms with van der Waals surface area (Å²) < 4.78 is 0.